The number of piperazine rings is 1. The first-order valence-electron chi connectivity index (χ1n) is 12.8. The Balaban J connectivity index is 0.000000235. The topological polar surface area (TPSA) is 89.2 Å². The van der Waals surface area contributed by atoms with Crippen molar-refractivity contribution in [2.45, 2.75) is 0 Å². The number of rotatable bonds is 3. The van der Waals surface area contributed by atoms with Gasteiger partial charge < -0.3 is 29.4 Å². The highest BCUT2D eigenvalue weighted by molar-refractivity contribution is 5.85. The Kier molecular flexibility index (Phi) is 6.70. The fourth-order valence-electron chi connectivity index (χ4n) is 4.88. The molecule has 0 saturated carbocycles. The van der Waals surface area contributed by atoms with Crippen LogP contribution in [-0.2, 0) is 4.74 Å². The molecule has 2 saturated heterocycles. The number of benzene rings is 2. The summed E-state index contributed by atoms with van der Waals surface area (Å²) >= 11 is 0. The Morgan fingerprint density at radius 3 is 2.46 bits per heavy atom. The Hall–Kier alpha value is -3.95. The molecule has 2 aliphatic rings. The molecular formula is C28H32N8O. The number of pyridine rings is 1. The fourth-order valence-corrected chi connectivity index (χ4v) is 4.88. The molecule has 0 spiro atoms. The lowest BCUT2D eigenvalue weighted by Gasteiger charge is -2.34. The third-order valence-electron chi connectivity index (χ3n) is 7.01. The van der Waals surface area contributed by atoms with E-state index in [0.29, 0.717) is 0 Å². The number of likely N-dealkylation sites (N-methyl/N-ethyl adjacent to an activating group) is 1. The number of ether oxygens (including phenoxy) is 1. The quantitative estimate of drug-likeness (QED) is 0.393. The molecule has 9 nitrogen and oxygen atoms in total. The first-order valence-corrected chi connectivity index (χ1v) is 12.8. The van der Waals surface area contributed by atoms with Crippen LogP contribution in [-0.4, -0.2) is 89.3 Å². The van der Waals surface area contributed by atoms with Crippen LogP contribution in [0.25, 0.3) is 33.5 Å². The van der Waals surface area contributed by atoms with Gasteiger partial charge in [0.15, 0.2) is 0 Å². The summed E-state index contributed by atoms with van der Waals surface area (Å²) in [7, 11) is 2.18. The number of hydrogen-bond donors (Lipinski definition) is 2. The Morgan fingerprint density at radius 2 is 1.62 bits per heavy atom. The van der Waals surface area contributed by atoms with Crippen molar-refractivity contribution in [2.24, 2.45) is 0 Å². The van der Waals surface area contributed by atoms with E-state index >= 15 is 0 Å². The first kappa shape index (κ1) is 23.4. The molecule has 0 unspecified atom stereocenters. The van der Waals surface area contributed by atoms with Crippen molar-refractivity contribution in [3.63, 3.8) is 0 Å². The molecule has 0 radical (unpaired) electrons. The van der Waals surface area contributed by atoms with Gasteiger partial charge in [-0.15, -0.1) is 0 Å². The minimum Gasteiger partial charge on any atom is -0.378 e. The van der Waals surface area contributed by atoms with Gasteiger partial charge in [0.2, 0.25) is 0 Å². The van der Waals surface area contributed by atoms with E-state index < -0.39 is 0 Å². The maximum absolute atomic E-state index is 5.49. The third kappa shape index (κ3) is 5.14. The van der Waals surface area contributed by atoms with Gasteiger partial charge in [-0.1, -0.05) is 12.1 Å². The lowest BCUT2D eigenvalue weighted by atomic mass is 10.2. The number of para-hydroxylation sites is 2. The van der Waals surface area contributed by atoms with Crippen LogP contribution >= 0.6 is 0 Å². The molecule has 2 aromatic carbocycles. The molecular weight excluding hydrogens is 464 g/mol. The van der Waals surface area contributed by atoms with Crippen LogP contribution in [0.4, 0.5) is 11.5 Å². The van der Waals surface area contributed by atoms with Gasteiger partial charge in [-0.05, 0) is 49.5 Å². The number of anilines is 2. The van der Waals surface area contributed by atoms with Gasteiger partial charge in [0.25, 0.3) is 0 Å². The van der Waals surface area contributed by atoms with Crippen molar-refractivity contribution in [1.29, 1.82) is 0 Å². The summed E-state index contributed by atoms with van der Waals surface area (Å²) in [6.07, 6.45) is 3.55. The number of fused-ring (bicyclic) bond motifs is 2. The van der Waals surface area contributed by atoms with Crippen LogP contribution in [0, 0.1) is 0 Å². The second-order valence-corrected chi connectivity index (χ2v) is 9.47. The highest BCUT2D eigenvalue weighted by Crippen LogP contribution is 2.30. The maximum atomic E-state index is 5.49. The number of H-pyrrole nitrogens is 2. The zero-order valence-electron chi connectivity index (χ0n) is 21.1. The summed E-state index contributed by atoms with van der Waals surface area (Å²) in [5.74, 6) is 1.85. The number of nitrogens with zero attached hydrogens (tertiary/aromatic N) is 6. The van der Waals surface area contributed by atoms with Crippen molar-refractivity contribution >= 4 is 33.6 Å². The van der Waals surface area contributed by atoms with Gasteiger partial charge in [0.05, 0.1) is 47.2 Å². The molecule has 3 aromatic heterocycles. The molecule has 7 rings (SSSR count). The van der Waals surface area contributed by atoms with E-state index in [1.807, 2.05) is 36.5 Å². The number of aromatic amines is 2. The number of aromatic nitrogens is 5. The average molecular weight is 497 g/mol. The Morgan fingerprint density at radius 1 is 0.784 bits per heavy atom. The summed E-state index contributed by atoms with van der Waals surface area (Å²) in [5, 5.41) is 0. The lowest BCUT2D eigenvalue weighted by molar-refractivity contribution is 0.122. The third-order valence-corrected chi connectivity index (χ3v) is 7.01. The van der Waals surface area contributed by atoms with E-state index in [2.05, 4.69) is 65.9 Å². The van der Waals surface area contributed by atoms with Crippen LogP contribution in [0.2, 0.25) is 0 Å². The minimum atomic E-state index is 0.741. The smallest absolute Gasteiger partial charge is 0.142 e. The monoisotopic (exact) mass is 496 g/mol. The van der Waals surface area contributed by atoms with Gasteiger partial charge in [0, 0.05) is 51.2 Å². The predicted molar refractivity (Wildman–Crippen MR) is 148 cm³/mol. The predicted octanol–water partition coefficient (Wildman–Crippen LogP) is 3.78. The fraction of sp³-hybridized carbons (Fsp3) is 0.321. The Labute approximate surface area is 216 Å². The molecule has 0 aliphatic carbocycles. The molecule has 190 valence electrons. The van der Waals surface area contributed by atoms with Crippen molar-refractivity contribution in [3.05, 3.63) is 67.1 Å². The zero-order valence-corrected chi connectivity index (χ0v) is 21.1. The van der Waals surface area contributed by atoms with E-state index in [-0.39, 0.29) is 0 Å². The maximum Gasteiger partial charge on any atom is 0.142 e. The summed E-state index contributed by atoms with van der Waals surface area (Å²) < 4.78 is 5.49. The molecule has 37 heavy (non-hydrogen) atoms. The van der Waals surface area contributed by atoms with Gasteiger partial charge in [-0.2, -0.15) is 0 Å². The SMILES string of the molecule is CN1CCN(c2ccc3nc(-c4cccnc4N4CCOCC4)[nH]c3c2)CC1.c1ccc2[nH]cnc2c1. The van der Waals surface area contributed by atoms with Crippen molar-refractivity contribution in [3.8, 4) is 11.4 Å². The average Bonchev–Trinajstić information content (AvgIpc) is 3.61. The molecule has 2 aliphatic heterocycles. The highest BCUT2D eigenvalue weighted by atomic mass is 16.5. The second kappa shape index (κ2) is 10.6. The first-order chi connectivity index (χ1) is 18.2. The Bertz CT molecular complexity index is 1430. The molecule has 2 N–H and O–H groups in total. The normalized spacial score (nSPS) is 16.7. The lowest BCUT2D eigenvalue weighted by Crippen LogP contribution is -2.44. The van der Waals surface area contributed by atoms with Crippen LogP contribution in [0.15, 0.2) is 67.1 Å². The number of hydrogen-bond acceptors (Lipinski definition) is 7. The van der Waals surface area contributed by atoms with E-state index in [9.17, 15) is 0 Å². The summed E-state index contributed by atoms with van der Waals surface area (Å²) in [6.45, 7) is 7.53. The van der Waals surface area contributed by atoms with Gasteiger partial charge in [-0.3, -0.25) is 0 Å². The number of imidazole rings is 2. The van der Waals surface area contributed by atoms with E-state index in [0.717, 1.165) is 91.8 Å². The molecule has 0 atom stereocenters. The second-order valence-electron chi connectivity index (χ2n) is 9.47. The van der Waals surface area contributed by atoms with E-state index in [1.54, 1.807) is 6.33 Å². The summed E-state index contributed by atoms with van der Waals surface area (Å²) in [6, 6.07) is 18.5. The van der Waals surface area contributed by atoms with Gasteiger partial charge in [0.1, 0.15) is 11.6 Å². The molecule has 5 heterocycles. The molecule has 0 bridgehead atoms. The van der Waals surface area contributed by atoms with Crippen molar-refractivity contribution in [1.82, 2.24) is 29.8 Å². The summed E-state index contributed by atoms with van der Waals surface area (Å²) in [5.41, 5.74) is 6.49. The minimum absolute atomic E-state index is 0.741. The molecule has 5 aromatic rings. The largest absolute Gasteiger partial charge is 0.378 e. The van der Waals surface area contributed by atoms with E-state index in [4.69, 9.17) is 9.72 Å². The van der Waals surface area contributed by atoms with Gasteiger partial charge in [-0.25, -0.2) is 15.0 Å². The molecule has 0 amide bonds. The standard InChI is InChI=1S/C21H26N6O.C7H6N2/c1-25-7-9-26(10-8-25)16-4-5-18-19(15-16)24-20(23-18)17-3-2-6-22-21(17)27-11-13-28-14-12-27;1-2-4-7-6(3-1)8-5-9-7/h2-6,15H,7-14H2,1H3,(H,23,24);1-5H,(H,8,9). The van der Waals surface area contributed by atoms with Gasteiger partial charge >= 0.3 is 0 Å². The van der Waals surface area contributed by atoms with Crippen LogP contribution in [0.1, 0.15) is 0 Å². The van der Waals surface area contributed by atoms with Crippen LogP contribution in [0.5, 0.6) is 0 Å². The molecule has 2 fully saturated rings. The van der Waals surface area contributed by atoms with Crippen LogP contribution < -0.4 is 9.80 Å². The van der Waals surface area contributed by atoms with Crippen molar-refractivity contribution in [2.75, 3.05) is 69.3 Å². The summed E-state index contributed by atoms with van der Waals surface area (Å²) in [4.78, 5) is 27.2. The zero-order chi connectivity index (χ0) is 25.0. The highest BCUT2D eigenvalue weighted by Gasteiger charge is 2.19. The van der Waals surface area contributed by atoms with Crippen molar-refractivity contribution < 1.29 is 4.74 Å². The van der Waals surface area contributed by atoms with Crippen LogP contribution in [0.3, 0.4) is 0 Å². The molecule has 9 heteroatoms. The number of nitrogens with one attached hydrogen (secondary N) is 2. The van der Waals surface area contributed by atoms with E-state index in [1.165, 1.54) is 5.69 Å². The number of morpholine rings is 1.